The lowest BCUT2D eigenvalue weighted by molar-refractivity contribution is -0.111. The molecular weight excluding hydrogens is 252 g/mol. The van der Waals surface area contributed by atoms with Gasteiger partial charge in [-0.1, -0.05) is 6.58 Å². The second-order valence-electron chi connectivity index (χ2n) is 5.11. The lowest BCUT2D eigenvalue weighted by Crippen LogP contribution is -2.42. The minimum atomic E-state index is -0.256. The predicted molar refractivity (Wildman–Crippen MR) is 79.6 cm³/mol. The smallest absolute Gasteiger partial charge is 0.254 e. The molecule has 4 heteroatoms. The van der Waals surface area contributed by atoms with Crippen molar-refractivity contribution in [2.45, 2.75) is 32.2 Å². The monoisotopic (exact) mass is 272 g/mol. The fourth-order valence-corrected chi connectivity index (χ4v) is 2.46. The van der Waals surface area contributed by atoms with E-state index in [1.54, 1.807) is 24.3 Å². The largest absolute Gasteiger partial charge is 0.336 e. The Morgan fingerprint density at radius 2 is 2.00 bits per heavy atom. The number of hydrogen-bond donors (Lipinski definition) is 1. The zero-order chi connectivity index (χ0) is 14.5. The van der Waals surface area contributed by atoms with Gasteiger partial charge in [0.2, 0.25) is 5.91 Å². The van der Waals surface area contributed by atoms with Crippen LogP contribution in [0.1, 0.15) is 36.5 Å². The quantitative estimate of drug-likeness (QED) is 0.860. The van der Waals surface area contributed by atoms with Crippen LogP contribution in [0.3, 0.4) is 0 Å². The summed E-state index contributed by atoms with van der Waals surface area (Å²) < 4.78 is 0. The summed E-state index contributed by atoms with van der Waals surface area (Å²) in [6.07, 6.45) is 4.55. The molecule has 1 aromatic carbocycles. The van der Waals surface area contributed by atoms with E-state index in [1.807, 2.05) is 4.90 Å². The van der Waals surface area contributed by atoms with Crippen LogP contribution in [0.5, 0.6) is 0 Å². The first kappa shape index (κ1) is 14.3. The van der Waals surface area contributed by atoms with Gasteiger partial charge in [-0.25, -0.2) is 0 Å². The Morgan fingerprint density at radius 3 is 2.60 bits per heavy atom. The number of rotatable bonds is 3. The van der Waals surface area contributed by atoms with E-state index < -0.39 is 0 Å². The maximum Gasteiger partial charge on any atom is 0.254 e. The van der Waals surface area contributed by atoms with Gasteiger partial charge >= 0.3 is 0 Å². The molecule has 4 nitrogen and oxygen atoms in total. The zero-order valence-electron chi connectivity index (χ0n) is 11.8. The van der Waals surface area contributed by atoms with Crippen LogP contribution in [0.25, 0.3) is 0 Å². The Kier molecular flexibility index (Phi) is 4.56. The summed E-state index contributed by atoms with van der Waals surface area (Å²) in [7, 11) is 0. The van der Waals surface area contributed by atoms with Gasteiger partial charge in [0.05, 0.1) is 0 Å². The molecule has 2 amide bonds. The fourth-order valence-electron chi connectivity index (χ4n) is 2.46. The average molecular weight is 272 g/mol. The number of amides is 2. The number of carbonyl (C=O) groups is 2. The molecular formula is C16H20N2O2. The number of likely N-dealkylation sites (tertiary alicyclic amines) is 1. The van der Waals surface area contributed by atoms with E-state index in [0.29, 0.717) is 17.3 Å². The molecule has 1 aliphatic heterocycles. The molecule has 1 heterocycles. The second kappa shape index (κ2) is 6.37. The third kappa shape index (κ3) is 3.26. The van der Waals surface area contributed by atoms with Crippen molar-refractivity contribution in [3.8, 4) is 0 Å². The molecule has 1 unspecified atom stereocenters. The Balaban J connectivity index is 2.07. The van der Waals surface area contributed by atoms with Crippen LogP contribution in [0.4, 0.5) is 5.69 Å². The van der Waals surface area contributed by atoms with Gasteiger partial charge in [0, 0.05) is 23.8 Å². The van der Waals surface area contributed by atoms with Crippen LogP contribution in [0.2, 0.25) is 0 Å². The first-order valence-electron chi connectivity index (χ1n) is 6.96. The number of carbonyl (C=O) groups excluding carboxylic acids is 2. The molecule has 0 bridgehead atoms. The summed E-state index contributed by atoms with van der Waals surface area (Å²) in [5, 5.41) is 2.66. The highest BCUT2D eigenvalue weighted by Crippen LogP contribution is 2.20. The Labute approximate surface area is 119 Å². The molecule has 0 spiro atoms. The Bertz CT molecular complexity index is 508. The molecule has 0 aliphatic carbocycles. The van der Waals surface area contributed by atoms with E-state index in [2.05, 4.69) is 18.8 Å². The lowest BCUT2D eigenvalue weighted by atomic mass is 10.0. The summed E-state index contributed by atoms with van der Waals surface area (Å²) in [5.41, 5.74) is 1.33. The molecule has 20 heavy (non-hydrogen) atoms. The first-order valence-corrected chi connectivity index (χ1v) is 6.96. The standard InChI is InChI=1S/C16H20N2O2/c1-3-15(19)17-14-9-7-13(8-10-14)16(20)18-11-5-4-6-12(18)2/h3,7-10,12H,1,4-6,11H2,2H3,(H,17,19). The highest BCUT2D eigenvalue weighted by molar-refractivity contribution is 5.99. The van der Waals surface area contributed by atoms with Crippen molar-refractivity contribution >= 4 is 17.5 Å². The molecule has 1 fully saturated rings. The molecule has 1 aromatic rings. The highest BCUT2D eigenvalue weighted by atomic mass is 16.2. The van der Waals surface area contributed by atoms with Crippen LogP contribution < -0.4 is 5.32 Å². The molecule has 0 aromatic heterocycles. The van der Waals surface area contributed by atoms with Crippen LogP contribution in [0, 0.1) is 0 Å². The van der Waals surface area contributed by atoms with E-state index in [1.165, 1.54) is 12.5 Å². The van der Waals surface area contributed by atoms with Crippen molar-refractivity contribution in [3.05, 3.63) is 42.5 Å². The minimum Gasteiger partial charge on any atom is -0.336 e. The highest BCUT2D eigenvalue weighted by Gasteiger charge is 2.23. The van der Waals surface area contributed by atoms with Gasteiger partial charge in [-0.2, -0.15) is 0 Å². The first-order chi connectivity index (χ1) is 9.61. The van der Waals surface area contributed by atoms with Crippen molar-refractivity contribution in [2.75, 3.05) is 11.9 Å². The number of anilines is 1. The maximum absolute atomic E-state index is 12.4. The topological polar surface area (TPSA) is 49.4 Å². The Morgan fingerprint density at radius 1 is 1.30 bits per heavy atom. The van der Waals surface area contributed by atoms with Crippen LogP contribution in [-0.4, -0.2) is 29.3 Å². The predicted octanol–water partition coefficient (Wildman–Crippen LogP) is 2.83. The molecule has 0 saturated carbocycles. The van der Waals surface area contributed by atoms with Crippen molar-refractivity contribution in [2.24, 2.45) is 0 Å². The second-order valence-corrected chi connectivity index (χ2v) is 5.11. The summed E-state index contributed by atoms with van der Waals surface area (Å²) >= 11 is 0. The summed E-state index contributed by atoms with van der Waals surface area (Å²) in [6, 6.07) is 7.29. The number of hydrogen-bond acceptors (Lipinski definition) is 2. The molecule has 106 valence electrons. The van der Waals surface area contributed by atoms with Gasteiger partial charge in [-0.3, -0.25) is 9.59 Å². The van der Waals surface area contributed by atoms with Crippen LogP contribution in [0.15, 0.2) is 36.9 Å². The summed E-state index contributed by atoms with van der Waals surface area (Å²) in [5.74, 6) is -0.187. The van der Waals surface area contributed by atoms with E-state index in [0.717, 1.165) is 19.4 Å². The molecule has 1 aliphatic rings. The lowest BCUT2D eigenvalue weighted by Gasteiger charge is -2.33. The number of benzene rings is 1. The molecule has 2 rings (SSSR count). The molecule has 1 N–H and O–H groups in total. The van der Waals surface area contributed by atoms with E-state index in [4.69, 9.17) is 0 Å². The van der Waals surface area contributed by atoms with E-state index >= 15 is 0 Å². The number of nitrogens with zero attached hydrogens (tertiary/aromatic N) is 1. The number of piperidine rings is 1. The zero-order valence-corrected chi connectivity index (χ0v) is 11.8. The van der Waals surface area contributed by atoms with Gasteiger partial charge in [0.25, 0.3) is 5.91 Å². The number of nitrogens with one attached hydrogen (secondary N) is 1. The van der Waals surface area contributed by atoms with Crippen molar-refractivity contribution in [1.29, 1.82) is 0 Å². The normalized spacial score (nSPS) is 18.4. The van der Waals surface area contributed by atoms with Gasteiger partial charge < -0.3 is 10.2 Å². The van der Waals surface area contributed by atoms with E-state index in [-0.39, 0.29) is 11.8 Å². The van der Waals surface area contributed by atoms with Gasteiger partial charge in [-0.05, 0) is 56.5 Å². The summed E-state index contributed by atoms with van der Waals surface area (Å²) in [4.78, 5) is 25.5. The van der Waals surface area contributed by atoms with Crippen LogP contribution in [-0.2, 0) is 4.79 Å². The molecule has 0 radical (unpaired) electrons. The van der Waals surface area contributed by atoms with Crippen molar-refractivity contribution < 1.29 is 9.59 Å². The molecule has 1 saturated heterocycles. The van der Waals surface area contributed by atoms with E-state index in [9.17, 15) is 9.59 Å². The molecule has 1 atom stereocenters. The van der Waals surface area contributed by atoms with Crippen molar-refractivity contribution in [3.63, 3.8) is 0 Å². The minimum absolute atomic E-state index is 0.0683. The third-order valence-electron chi connectivity index (χ3n) is 3.65. The average Bonchev–Trinajstić information content (AvgIpc) is 2.47. The van der Waals surface area contributed by atoms with Gasteiger partial charge in [0.1, 0.15) is 0 Å². The fraction of sp³-hybridized carbons (Fsp3) is 0.375. The van der Waals surface area contributed by atoms with Crippen molar-refractivity contribution in [1.82, 2.24) is 4.90 Å². The Hall–Kier alpha value is -2.10. The maximum atomic E-state index is 12.4. The SMILES string of the molecule is C=CC(=O)Nc1ccc(C(=O)N2CCCCC2C)cc1. The van der Waals surface area contributed by atoms with Crippen LogP contribution >= 0.6 is 0 Å². The van der Waals surface area contributed by atoms with Gasteiger partial charge in [-0.15, -0.1) is 0 Å². The van der Waals surface area contributed by atoms with Gasteiger partial charge in [0.15, 0.2) is 0 Å². The summed E-state index contributed by atoms with van der Waals surface area (Å²) in [6.45, 7) is 6.32. The third-order valence-corrected chi connectivity index (χ3v) is 3.65.